The monoisotopic (exact) mass is 534 g/mol. The number of nitrogens with zero attached hydrogens (tertiary/aromatic N) is 1. The Hall–Kier alpha value is -2.54. The van der Waals surface area contributed by atoms with Gasteiger partial charge in [-0.25, -0.2) is 5.43 Å². The Morgan fingerprint density at radius 1 is 1.09 bits per heavy atom. The third-order valence-electron chi connectivity index (χ3n) is 4.41. The number of benzene rings is 3. The molecule has 32 heavy (non-hydrogen) atoms. The van der Waals surface area contributed by atoms with Crippen LogP contribution in [-0.2, 0) is 6.61 Å². The number of aryl methyl sites for hydroxylation is 1. The SMILES string of the molecule is CCOc1cc(/C=N\NC(=O)c2ccc(C)cc2Cl)cc(Br)c1OCc1ccccc1Cl. The number of carbonyl (C=O) groups is 1. The van der Waals surface area contributed by atoms with Crippen LogP contribution < -0.4 is 14.9 Å². The molecular weight excluding hydrogens is 515 g/mol. The Bertz CT molecular complexity index is 1150. The highest BCUT2D eigenvalue weighted by Gasteiger charge is 2.13. The molecule has 1 N–H and O–H groups in total. The summed E-state index contributed by atoms with van der Waals surface area (Å²) in [5, 5.41) is 5.05. The molecule has 0 aliphatic carbocycles. The maximum Gasteiger partial charge on any atom is 0.272 e. The maximum absolute atomic E-state index is 12.3. The first-order valence-corrected chi connectivity index (χ1v) is 11.4. The number of hydrogen-bond donors (Lipinski definition) is 1. The molecule has 3 aromatic rings. The van der Waals surface area contributed by atoms with Crippen LogP contribution in [0, 0.1) is 6.92 Å². The Labute approximate surface area is 205 Å². The summed E-state index contributed by atoms with van der Waals surface area (Å²) < 4.78 is 12.4. The van der Waals surface area contributed by atoms with Crippen LogP contribution >= 0.6 is 39.1 Å². The third-order valence-corrected chi connectivity index (χ3v) is 5.68. The second-order valence-corrected chi connectivity index (χ2v) is 8.49. The van der Waals surface area contributed by atoms with E-state index in [1.807, 2.05) is 50.2 Å². The van der Waals surface area contributed by atoms with Crippen molar-refractivity contribution >= 4 is 51.3 Å². The second-order valence-electron chi connectivity index (χ2n) is 6.83. The van der Waals surface area contributed by atoms with Crippen LogP contribution in [0.25, 0.3) is 0 Å². The van der Waals surface area contributed by atoms with Crippen LogP contribution in [0.2, 0.25) is 10.0 Å². The molecule has 0 aliphatic heterocycles. The van der Waals surface area contributed by atoms with Crippen molar-refractivity contribution in [2.24, 2.45) is 5.10 Å². The average molecular weight is 536 g/mol. The topological polar surface area (TPSA) is 59.9 Å². The van der Waals surface area contributed by atoms with Crippen LogP contribution in [0.15, 0.2) is 64.2 Å². The first-order chi connectivity index (χ1) is 15.4. The van der Waals surface area contributed by atoms with Crippen LogP contribution in [0.4, 0.5) is 0 Å². The van der Waals surface area contributed by atoms with E-state index in [4.69, 9.17) is 32.7 Å². The van der Waals surface area contributed by atoms with E-state index in [-0.39, 0.29) is 0 Å². The molecule has 166 valence electrons. The predicted molar refractivity (Wildman–Crippen MR) is 132 cm³/mol. The molecule has 0 saturated carbocycles. The van der Waals surface area contributed by atoms with E-state index in [0.29, 0.717) is 50.4 Å². The van der Waals surface area contributed by atoms with E-state index < -0.39 is 5.91 Å². The molecular formula is C24H21BrCl2N2O3. The molecule has 0 radical (unpaired) electrons. The standard InChI is InChI=1S/C24H21BrCl2N2O3/c1-3-31-22-12-16(13-28-29-24(30)18-9-8-15(2)10-21(18)27)11-19(25)23(22)32-14-17-6-4-5-7-20(17)26/h4-13H,3,14H2,1-2H3,(H,29,30)/b28-13-. The van der Waals surface area contributed by atoms with Crippen molar-refractivity contribution in [3.05, 3.63) is 91.4 Å². The molecule has 3 rings (SSSR count). The summed E-state index contributed by atoms with van der Waals surface area (Å²) in [4.78, 5) is 12.3. The molecule has 0 heterocycles. The zero-order valence-corrected chi connectivity index (χ0v) is 20.6. The molecule has 0 spiro atoms. The molecule has 0 bridgehead atoms. The van der Waals surface area contributed by atoms with Gasteiger partial charge in [0.05, 0.1) is 27.9 Å². The van der Waals surface area contributed by atoms with Gasteiger partial charge >= 0.3 is 0 Å². The van der Waals surface area contributed by atoms with Gasteiger partial charge in [-0.1, -0.05) is 47.5 Å². The van der Waals surface area contributed by atoms with Crippen molar-refractivity contribution in [1.82, 2.24) is 5.43 Å². The van der Waals surface area contributed by atoms with Crippen molar-refractivity contribution in [1.29, 1.82) is 0 Å². The van der Waals surface area contributed by atoms with E-state index in [2.05, 4.69) is 26.5 Å². The molecule has 3 aromatic carbocycles. The fourth-order valence-corrected chi connectivity index (χ4v) is 3.95. The van der Waals surface area contributed by atoms with Gasteiger partial charge in [-0.05, 0) is 71.2 Å². The minimum atomic E-state index is -0.393. The Balaban J connectivity index is 1.74. The van der Waals surface area contributed by atoms with Crippen molar-refractivity contribution in [3.63, 3.8) is 0 Å². The molecule has 0 fully saturated rings. The second kappa shape index (κ2) is 11.4. The normalized spacial score (nSPS) is 10.9. The lowest BCUT2D eigenvalue weighted by Gasteiger charge is -2.15. The van der Waals surface area contributed by atoms with Crippen molar-refractivity contribution in [2.45, 2.75) is 20.5 Å². The zero-order valence-electron chi connectivity index (χ0n) is 17.5. The predicted octanol–water partition coefficient (Wildman–Crippen LogP) is 6.81. The molecule has 0 atom stereocenters. The summed E-state index contributed by atoms with van der Waals surface area (Å²) >= 11 is 15.9. The van der Waals surface area contributed by atoms with Gasteiger partial charge in [0.1, 0.15) is 6.61 Å². The lowest BCUT2D eigenvalue weighted by Crippen LogP contribution is -2.18. The Morgan fingerprint density at radius 3 is 2.59 bits per heavy atom. The van der Waals surface area contributed by atoms with Gasteiger partial charge in [0.15, 0.2) is 11.5 Å². The molecule has 8 heteroatoms. The maximum atomic E-state index is 12.3. The third kappa shape index (κ3) is 6.25. The smallest absolute Gasteiger partial charge is 0.272 e. The summed E-state index contributed by atoms with van der Waals surface area (Å²) in [5.74, 6) is 0.706. The fourth-order valence-electron chi connectivity index (χ4n) is 2.86. The zero-order chi connectivity index (χ0) is 23.1. The fraction of sp³-hybridized carbons (Fsp3) is 0.167. The van der Waals surface area contributed by atoms with Gasteiger partial charge in [-0.15, -0.1) is 0 Å². The first-order valence-electron chi connectivity index (χ1n) is 9.81. The number of carbonyl (C=O) groups excluding carboxylic acids is 1. The van der Waals surface area contributed by atoms with Gasteiger partial charge < -0.3 is 9.47 Å². The summed E-state index contributed by atoms with van der Waals surface area (Å²) in [7, 11) is 0. The summed E-state index contributed by atoms with van der Waals surface area (Å²) in [6, 6.07) is 16.3. The van der Waals surface area contributed by atoms with Crippen LogP contribution in [0.3, 0.4) is 0 Å². The Kier molecular flexibility index (Phi) is 8.56. The number of halogens is 3. The summed E-state index contributed by atoms with van der Waals surface area (Å²) in [6.45, 7) is 4.54. The number of amides is 1. The quantitative estimate of drug-likeness (QED) is 0.254. The van der Waals surface area contributed by atoms with Crippen LogP contribution in [-0.4, -0.2) is 18.7 Å². The Morgan fingerprint density at radius 2 is 1.88 bits per heavy atom. The number of hydrazone groups is 1. The summed E-state index contributed by atoms with van der Waals surface area (Å²) in [5.41, 5.74) is 5.39. The molecule has 1 amide bonds. The van der Waals surface area contributed by atoms with Crippen LogP contribution in [0.1, 0.15) is 34.0 Å². The van der Waals surface area contributed by atoms with Gasteiger partial charge in [-0.3, -0.25) is 4.79 Å². The highest BCUT2D eigenvalue weighted by molar-refractivity contribution is 9.10. The van der Waals surface area contributed by atoms with Crippen molar-refractivity contribution in [2.75, 3.05) is 6.61 Å². The lowest BCUT2D eigenvalue weighted by atomic mass is 10.1. The highest BCUT2D eigenvalue weighted by atomic mass is 79.9. The van der Waals surface area contributed by atoms with Crippen LogP contribution in [0.5, 0.6) is 11.5 Å². The van der Waals surface area contributed by atoms with E-state index >= 15 is 0 Å². The molecule has 0 unspecified atom stereocenters. The lowest BCUT2D eigenvalue weighted by molar-refractivity contribution is 0.0955. The van der Waals surface area contributed by atoms with Gasteiger partial charge in [-0.2, -0.15) is 5.10 Å². The largest absolute Gasteiger partial charge is 0.490 e. The minimum absolute atomic E-state index is 0.291. The van der Waals surface area contributed by atoms with E-state index in [9.17, 15) is 4.79 Å². The average Bonchev–Trinajstić information content (AvgIpc) is 2.74. The van der Waals surface area contributed by atoms with E-state index in [0.717, 1.165) is 11.1 Å². The van der Waals surface area contributed by atoms with E-state index in [1.165, 1.54) is 6.21 Å². The van der Waals surface area contributed by atoms with Crippen molar-refractivity contribution in [3.8, 4) is 11.5 Å². The molecule has 0 aliphatic rings. The van der Waals surface area contributed by atoms with E-state index in [1.54, 1.807) is 18.2 Å². The van der Waals surface area contributed by atoms with Crippen molar-refractivity contribution < 1.29 is 14.3 Å². The molecule has 0 aromatic heterocycles. The number of nitrogens with one attached hydrogen (secondary N) is 1. The van der Waals surface area contributed by atoms with Gasteiger partial charge in [0.2, 0.25) is 0 Å². The molecule has 5 nitrogen and oxygen atoms in total. The number of hydrogen-bond acceptors (Lipinski definition) is 4. The number of rotatable bonds is 8. The highest BCUT2D eigenvalue weighted by Crippen LogP contribution is 2.37. The first kappa shape index (κ1) is 24.1. The van der Waals surface area contributed by atoms with Gasteiger partial charge in [0.25, 0.3) is 5.91 Å². The minimum Gasteiger partial charge on any atom is -0.490 e. The van der Waals surface area contributed by atoms with Gasteiger partial charge in [0, 0.05) is 10.6 Å². The summed E-state index contributed by atoms with van der Waals surface area (Å²) in [6.07, 6.45) is 1.52. The molecule has 0 saturated heterocycles. The number of ether oxygens (including phenoxy) is 2.